The van der Waals surface area contributed by atoms with E-state index < -0.39 is 0 Å². The van der Waals surface area contributed by atoms with Crippen molar-refractivity contribution in [3.63, 3.8) is 0 Å². The fraction of sp³-hybridized carbons (Fsp3) is 0. The molecule has 1 aliphatic rings. The van der Waals surface area contributed by atoms with Gasteiger partial charge >= 0.3 is 0 Å². The van der Waals surface area contributed by atoms with Gasteiger partial charge in [-0.1, -0.05) is 59.9 Å². The van der Waals surface area contributed by atoms with Crippen molar-refractivity contribution in [2.24, 2.45) is 0 Å². The summed E-state index contributed by atoms with van der Waals surface area (Å²) >= 11 is 17.8. The van der Waals surface area contributed by atoms with Gasteiger partial charge in [-0.05, 0) is 30.3 Å². The first-order valence-electron chi connectivity index (χ1n) is 5.73. The van der Waals surface area contributed by atoms with Crippen LogP contribution in [0, 0.1) is 0 Å². The Bertz CT molecular complexity index is 736. The molecule has 2 nitrogen and oxygen atoms in total. The van der Waals surface area contributed by atoms with Crippen LogP contribution in [-0.2, 0) is 0 Å². The molecular formula is C14H8ClNOS3. The summed E-state index contributed by atoms with van der Waals surface area (Å²) in [5.74, 6) is 1.45. The quantitative estimate of drug-likeness (QED) is 0.621. The number of thioether (sulfide) groups is 1. The number of hydrogen-bond acceptors (Lipinski definition) is 4. The minimum atomic E-state index is 0.635. The molecule has 0 amide bonds. The monoisotopic (exact) mass is 337 g/mol. The third-order valence-electron chi connectivity index (χ3n) is 2.68. The molecule has 1 aliphatic heterocycles. The van der Waals surface area contributed by atoms with Crippen LogP contribution < -0.4 is 5.32 Å². The summed E-state index contributed by atoms with van der Waals surface area (Å²) in [5, 5.41) is 3.59. The number of benzene rings is 1. The number of nitrogens with one attached hydrogen (secondary N) is 1. The Morgan fingerprint density at radius 2 is 1.95 bits per heavy atom. The highest BCUT2D eigenvalue weighted by Crippen LogP contribution is 2.31. The second kappa shape index (κ2) is 5.69. The van der Waals surface area contributed by atoms with Gasteiger partial charge in [0.15, 0.2) is 0 Å². The van der Waals surface area contributed by atoms with Crippen molar-refractivity contribution in [1.29, 1.82) is 0 Å². The van der Waals surface area contributed by atoms with E-state index in [0.717, 1.165) is 22.0 Å². The summed E-state index contributed by atoms with van der Waals surface area (Å²) < 4.78 is 6.46. The number of rotatable bonds is 2. The van der Waals surface area contributed by atoms with Crippen molar-refractivity contribution in [3.05, 3.63) is 52.1 Å². The molecule has 1 aromatic heterocycles. The van der Waals surface area contributed by atoms with Crippen LogP contribution in [0.2, 0.25) is 5.02 Å². The fourth-order valence-electron chi connectivity index (χ4n) is 1.79. The van der Waals surface area contributed by atoms with Gasteiger partial charge in [-0.25, -0.2) is 0 Å². The van der Waals surface area contributed by atoms with Crippen LogP contribution >= 0.6 is 47.8 Å². The Labute approximate surface area is 136 Å². The molecule has 3 rings (SSSR count). The first kappa shape index (κ1) is 13.8. The Hall–Kier alpha value is -1.14. The third-order valence-corrected chi connectivity index (χ3v) is 4.64. The maximum Gasteiger partial charge on any atom is 0.143 e. The molecule has 1 fully saturated rings. The van der Waals surface area contributed by atoms with E-state index in [-0.39, 0.29) is 0 Å². The lowest BCUT2D eigenvalue weighted by atomic mass is 10.2. The van der Waals surface area contributed by atoms with Crippen molar-refractivity contribution in [1.82, 2.24) is 5.32 Å². The third kappa shape index (κ3) is 2.81. The summed E-state index contributed by atoms with van der Waals surface area (Å²) in [6.07, 6.45) is 1.87. The molecule has 20 heavy (non-hydrogen) atoms. The van der Waals surface area contributed by atoms with Crippen molar-refractivity contribution in [3.8, 4) is 11.3 Å². The zero-order chi connectivity index (χ0) is 14.1. The minimum absolute atomic E-state index is 0.635. The van der Waals surface area contributed by atoms with E-state index in [0.29, 0.717) is 14.3 Å². The lowest BCUT2D eigenvalue weighted by molar-refractivity contribution is 0.572. The van der Waals surface area contributed by atoms with Gasteiger partial charge in [0, 0.05) is 5.56 Å². The van der Waals surface area contributed by atoms with Crippen molar-refractivity contribution in [2.45, 2.75) is 0 Å². The molecule has 2 heterocycles. The number of halogens is 1. The Kier molecular flexibility index (Phi) is 3.94. The summed E-state index contributed by atoms with van der Waals surface area (Å²) in [4.78, 5) is 1.53. The number of hydrogen-bond donors (Lipinski definition) is 1. The maximum absolute atomic E-state index is 6.15. The van der Waals surface area contributed by atoms with Gasteiger partial charge in [-0.3, -0.25) is 0 Å². The molecule has 0 atom stereocenters. The Balaban J connectivity index is 1.92. The molecule has 0 radical (unpaired) electrons. The summed E-state index contributed by atoms with van der Waals surface area (Å²) in [6.45, 7) is 0. The molecule has 1 aromatic carbocycles. The van der Waals surface area contributed by atoms with Gasteiger partial charge in [-0.2, -0.15) is 0 Å². The van der Waals surface area contributed by atoms with Crippen molar-refractivity contribution in [2.75, 3.05) is 0 Å². The van der Waals surface area contributed by atoms with Crippen LogP contribution in [0.25, 0.3) is 17.4 Å². The smallest absolute Gasteiger partial charge is 0.143 e. The normalized spacial score (nSPS) is 16.8. The average Bonchev–Trinajstić information content (AvgIpc) is 2.98. The molecule has 0 aliphatic carbocycles. The molecule has 6 heteroatoms. The highest BCUT2D eigenvalue weighted by molar-refractivity contribution is 8.27. The van der Waals surface area contributed by atoms with E-state index in [9.17, 15) is 0 Å². The topological polar surface area (TPSA) is 25.2 Å². The highest BCUT2D eigenvalue weighted by Gasteiger charge is 2.19. The summed E-state index contributed by atoms with van der Waals surface area (Å²) in [7, 11) is 0. The zero-order valence-electron chi connectivity index (χ0n) is 10.1. The van der Waals surface area contributed by atoms with Crippen molar-refractivity contribution >= 4 is 63.2 Å². The predicted octanol–water partition coefficient (Wildman–Crippen LogP) is 4.89. The molecule has 0 unspecified atom stereocenters. The van der Waals surface area contributed by atoms with Gasteiger partial charge < -0.3 is 9.73 Å². The molecule has 2 aromatic rings. The van der Waals surface area contributed by atoms with E-state index in [4.69, 9.17) is 40.5 Å². The van der Waals surface area contributed by atoms with E-state index in [1.165, 1.54) is 11.8 Å². The molecule has 0 saturated carbocycles. The SMILES string of the molecule is S=C1NC(=S)/C(=C\c2ccc(-c3ccccc3Cl)o2)S1. The van der Waals surface area contributed by atoms with Crippen molar-refractivity contribution < 1.29 is 4.42 Å². The van der Waals surface area contributed by atoms with E-state index >= 15 is 0 Å². The number of furan rings is 1. The summed E-state index contributed by atoms with van der Waals surface area (Å²) in [5.41, 5.74) is 0.870. The molecule has 0 spiro atoms. The summed E-state index contributed by atoms with van der Waals surface area (Å²) in [6, 6.07) is 11.3. The van der Waals surface area contributed by atoms with Crippen LogP contribution in [0.4, 0.5) is 0 Å². The van der Waals surface area contributed by atoms with Gasteiger partial charge in [0.05, 0.1) is 9.93 Å². The van der Waals surface area contributed by atoms with Gasteiger partial charge in [0.25, 0.3) is 0 Å². The standard InChI is InChI=1S/C14H8ClNOS3/c15-10-4-2-1-3-9(10)11-6-5-8(17-11)7-12-13(18)16-14(19)20-12/h1-7H,(H,16,18,19)/b12-7+. The van der Waals surface area contributed by atoms with Gasteiger partial charge in [-0.15, -0.1) is 0 Å². The van der Waals surface area contributed by atoms with E-state index in [1.807, 2.05) is 42.5 Å². The molecule has 1 N–H and O–H groups in total. The van der Waals surface area contributed by atoms with Crippen LogP contribution in [-0.4, -0.2) is 9.31 Å². The van der Waals surface area contributed by atoms with Gasteiger partial charge in [0.2, 0.25) is 0 Å². The van der Waals surface area contributed by atoms with Crippen LogP contribution in [0.15, 0.2) is 45.7 Å². The maximum atomic E-state index is 6.15. The van der Waals surface area contributed by atoms with Crippen LogP contribution in [0.1, 0.15) is 5.76 Å². The van der Waals surface area contributed by atoms with E-state index in [2.05, 4.69) is 5.32 Å². The molecule has 100 valence electrons. The fourth-order valence-corrected chi connectivity index (χ4v) is 3.47. The molecular weight excluding hydrogens is 330 g/mol. The molecule has 1 saturated heterocycles. The van der Waals surface area contributed by atoms with Crippen LogP contribution in [0.5, 0.6) is 0 Å². The lowest BCUT2D eigenvalue weighted by Crippen LogP contribution is -2.15. The Morgan fingerprint density at radius 1 is 1.15 bits per heavy atom. The largest absolute Gasteiger partial charge is 0.457 e. The predicted molar refractivity (Wildman–Crippen MR) is 93.1 cm³/mol. The zero-order valence-corrected chi connectivity index (χ0v) is 13.3. The Morgan fingerprint density at radius 3 is 2.65 bits per heavy atom. The van der Waals surface area contributed by atoms with Crippen LogP contribution in [0.3, 0.4) is 0 Å². The average molecular weight is 338 g/mol. The highest BCUT2D eigenvalue weighted by atomic mass is 35.5. The first-order valence-corrected chi connectivity index (χ1v) is 7.74. The second-order valence-electron chi connectivity index (χ2n) is 4.03. The second-order valence-corrected chi connectivity index (χ2v) is 6.57. The molecule has 0 bridgehead atoms. The van der Waals surface area contributed by atoms with Gasteiger partial charge in [0.1, 0.15) is 20.8 Å². The van der Waals surface area contributed by atoms with E-state index in [1.54, 1.807) is 0 Å². The number of thiocarbonyl (C=S) groups is 2. The lowest BCUT2D eigenvalue weighted by Gasteiger charge is -1.99. The first-order chi connectivity index (χ1) is 9.63. The minimum Gasteiger partial charge on any atom is -0.457 e.